The van der Waals surface area contributed by atoms with Crippen molar-refractivity contribution < 1.29 is 17.9 Å². The van der Waals surface area contributed by atoms with Gasteiger partial charge in [-0.1, -0.05) is 18.2 Å². The highest BCUT2D eigenvalue weighted by Gasteiger charge is 2.19. The summed E-state index contributed by atoms with van der Waals surface area (Å²) in [4.78, 5) is 20.5. The molecule has 2 N–H and O–H groups in total. The average Bonchev–Trinajstić information content (AvgIpc) is 3.11. The first-order valence-corrected chi connectivity index (χ1v) is 9.58. The first-order chi connectivity index (χ1) is 11.6. The van der Waals surface area contributed by atoms with Crippen LogP contribution in [0.1, 0.15) is 10.5 Å². The predicted octanol–water partition coefficient (Wildman–Crippen LogP) is 0.603. The zero-order chi connectivity index (χ0) is 17.0. The number of nitrogens with zero attached hydrogens (tertiary/aromatic N) is 2. The molecule has 0 spiro atoms. The first-order valence-electron chi connectivity index (χ1n) is 7.22. The normalized spacial score (nSPS) is 15.2. The van der Waals surface area contributed by atoms with Gasteiger partial charge in [-0.25, -0.2) is 13.4 Å². The Morgan fingerprint density at radius 3 is 2.62 bits per heavy atom. The van der Waals surface area contributed by atoms with Gasteiger partial charge in [0, 0.05) is 18.5 Å². The van der Waals surface area contributed by atoms with Crippen molar-refractivity contribution >= 4 is 32.4 Å². The molecule has 1 saturated heterocycles. The number of hydrazine groups is 1. The summed E-state index contributed by atoms with van der Waals surface area (Å²) in [5.41, 5.74) is 2.34. The van der Waals surface area contributed by atoms with E-state index < -0.39 is 15.9 Å². The highest BCUT2D eigenvalue weighted by Crippen LogP contribution is 2.21. The van der Waals surface area contributed by atoms with Crippen LogP contribution in [-0.4, -0.2) is 45.6 Å². The Bertz CT molecular complexity index is 801. The topological polar surface area (TPSA) is 101 Å². The molecule has 0 atom stereocenters. The molecule has 2 heterocycles. The molecular formula is C14H16N4O4S2. The van der Waals surface area contributed by atoms with Crippen LogP contribution in [0.25, 0.3) is 0 Å². The molecule has 128 valence electrons. The van der Waals surface area contributed by atoms with E-state index in [1.165, 1.54) is 23.5 Å². The number of benzene rings is 1. The molecule has 0 saturated carbocycles. The molecule has 10 heteroatoms. The molecule has 0 aliphatic carbocycles. The van der Waals surface area contributed by atoms with Gasteiger partial charge in [0.25, 0.3) is 15.9 Å². The number of nitrogens with one attached hydrogen (secondary N) is 2. The second kappa shape index (κ2) is 7.26. The summed E-state index contributed by atoms with van der Waals surface area (Å²) >= 11 is 1.34. The van der Waals surface area contributed by atoms with Gasteiger partial charge in [0.2, 0.25) is 0 Å². The van der Waals surface area contributed by atoms with Crippen molar-refractivity contribution in [3.8, 4) is 0 Å². The van der Waals surface area contributed by atoms with Crippen LogP contribution in [0.15, 0.2) is 40.6 Å². The van der Waals surface area contributed by atoms with Crippen molar-refractivity contribution in [2.45, 2.75) is 4.90 Å². The van der Waals surface area contributed by atoms with Gasteiger partial charge in [-0.15, -0.1) is 16.2 Å². The minimum absolute atomic E-state index is 0.0672. The zero-order valence-corrected chi connectivity index (χ0v) is 14.3. The van der Waals surface area contributed by atoms with Gasteiger partial charge in [0.05, 0.1) is 18.1 Å². The van der Waals surface area contributed by atoms with Crippen molar-refractivity contribution in [1.29, 1.82) is 0 Å². The number of anilines is 1. The number of aromatic nitrogens is 1. The van der Waals surface area contributed by atoms with E-state index in [0.717, 1.165) is 18.2 Å². The third-order valence-electron chi connectivity index (χ3n) is 3.36. The molecule has 2 aromatic rings. The monoisotopic (exact) mass is 368 g/mol. The number of thiazole rings is 1. The molecule has 1 aliphatic heterocycles. The van der Waals surface area contributed by atoms with Crippen molar-refractivity contribution in [2.75, 3.05) is 31.2 Å². The van der Waals surface area contributed by atoms with E-state index in [9.17, 15) is 13.2 Å². The quantitative estimate of drug-likeness (QED) is 0.750. The van der Waals surface area contributed by atoms with Crippen LogP contribution in [0.4, 0.5) is 5.13 Å². The van der Waals surface area contributed by atoms with Gasteiger partial charge in [0.1, 0.15) is 5.69 Å². The van der Waals surface area contributed by atoms with E-state index in [-0.39, 0.29) is 10.6 Å². The SMILES string of the molecule is O=C(NNS(=O)(=O)c1ccccc1)c1csc(N2CCOCC2)n1. The average molecular weight is 368 g/mol. The van der Waals surface area contributed by atoms with Crippen molar-refractivity contribution in [2.24, 2.45) is 0 Å². The zero-order valence-electron chi connectivity index (χ0n) is 12.6. The Balaban J connectivity index is 1.62. The van der Waals surface area contributed by atoms with Crippen LogP contribution in [0.3, 0.4) is 0 Å². The molecule has 1 aromatic carbocycles. The molecule has 1 fully saturated rings. The Morgan fingerprint density at radius 2 is 1.92 bits per heavy atom. The number of rotatable bonds is 5. The summed E-state index contributed by atoms with van der Waals surface area (Å²) in [5.74, 6) is -0.606. The van der Waals surface area contributed by atoms with Gasteiger partial charge in [-0.2, -0.15) is 0 Å². The van der Waals surface area contributed by atoms with Crippen LogP contribution in [-0.2, 0) is 14.8 Å². The molecular weight excluding hydrogens is 352 g/mol. The lowest BCUT2D eigenvalue weighted by molar-refractivity contribution is 0.0940. The molecule has 0 unspecified atom stereocenters. The number of hydrogen-bond donors (Lipinski definition) is 2. The third-order valence-corrected chi connectivity index (χ3v) is 5.52. The molecule has 1 amide bonds. The number of morpholine rings is 1. The second-order valence-corrected chi connectivity index (χ2v) is 7.51. The molecule has 3 rings (SSSR count). The largest absolute Gasteiger partial charge is 0.378 e. The first kappa shape index (κ1) is 16.8. The maximum absolute atomic E-state index is 12.1. The van der Waals surface area contributed by atoms with E-state index in [1.54, 1.807) is 23.6 Å². The Labute approximate surface area is 143 Å². The van der Waals surface area contributed by atoms with Crippen molar-refractivity contribution in [1.82, 2.24) is 15.2 Å². The minimum Gasteiger partial charge on any atom is -0.378 e. The predicted molar refractivity (Wildman–Crippen MR) is 89.4 cm³/mol. The van der Waals surface area contributed by atoms with Crippen LogP contribution >= 0.6 is 11.3 Å². The summed E-state index contributed by atoms with van der Waals surface area (Å²) < 4.78 is 29.4. The lowest BCUT2D eigenvalue weighted by Crippen LogP contribution is -2.41. The molecule has 0 radical (unpaired) electrons. The number of amides is 1. The fourth-order valence-electron chi connectivity index (χ4n) is 2.10. The highest BCUT2D eigenvalue weighted by molar-refractivity contribution is 7.89. The van der Waals surface area contributed by atoms with Crippen molar-refractivity contribution in [3.63, 3.8) is 0 Å². The van der Waals surface area contributed by atoms with Crippen LogP contribution < -0.4 is 15.2 Å². The number of ether oxygens (including phenoxy) is 1. The van der Waals surface area contributed by atoms with E-state index in [2.05, 4.69) is 15.2 Å². The standard InChI is InChI=1S/C14H16N4O4S2/c19-13(16-17-24(20,21)11-4-2-1-3-5-11)12-10-23-14(15-12)18-6-8-22-9-7-18/h1-5,10,17H,6-9H2,(H,16,19). The second-order valence-electron chi connectivity index (χ2n) is 4.99. The Kier molecular flexibility index (Phi) is 5.09. The van der Waals surface area contributed by atoms with E-state index in [0.29, 0.717) is 13.2 Å². The summed E-state index contributed by atoms with van der Waals surface area (Å²) in [5, 5.41) is 2.31. The third kappa shape index (κ3) is 3.90. The fraction of sp³-hybridized carbons (Fsp3) is 0.286. The van der Waals surface area contributed by atoms with E-state index >= 15 is 0 Å². The van der Waals surface area contributed by atoms with E-state index in [1.807, 2.05) is 4.90 Å². The van der Waals surface area contributed by atoms with Crippen LogP contribution in [0.5, 0.6) is 0 Å². The Morgan fingerprint density at radius 1 is 1.21 bits per heavy atom. The fourth-order valence-corrected chi connectivity index (χ4v) is 3.82. The molecule has 1 aliphatic rings. The van der Waals surface area contributed by atoms with Gasteiger partial charge < -0.3 is 9.64 Å². The minimum atomic E-state index is -3.81. The number of carbonyl (C=O) groups is 1. The van der Waals surface area contributed by atoms with Gasteiger partial charge in [0.15, 0.2) is 5.13 Å². The molecule has 24 heavy (non-hydrogen) atoms. The highest BCUT2D eigenvalue weighted by atomic mass is 32.2. The lowest BCUT2D eigenvalue weighted by atomic mass is 10.4. The molecule has 0 bridgehead atoms. The lowest BCUT2D eigenvalue weighted by Gasteiger charge is -2.25. The molecule has 1 aromatic heterocycles. The van der Waals surface area contributed by atoms with Crippen LogP contribution in [0, 0.1) is 0 Å². The maximum atomic E-state index is 12.1. The number of carbonyl (C=O) groups excluding carboxylic acids is 1. The van der Waals surface area contributed by atoms with Gasteiger partial charge in [-0.3, -0.25) is 10.2 Å². The van der Waals surface area contributed by atoms with Gasteiger partial charge >= 0.3 is 0 Å². The summed E-state index contributed by atoms with van der Waals surface area (Å²) in [6, 6.07) is 7.79. The summed E-state index contributed by atoms with van der Waals surface area (Å²) in [6.07, 6.45) is 0. The maximum Gasteiger partial charge on any atom is 0.285 e. The number of hydrogen-bond acceptors (Lipinski definition) is 7. The van der Waals surface area contributed by atoms with Gasteiger partial charge in [-0.05, 0) is 12.1 Å². The van der Waals surface area contributed by atoms with Crippen LogP contribution in [0.2, 0.25) is 0 Å². The summed E-state index contributed by atoms with van der Waals surface area (Å²) in [6.45, 7) is 2.68. The molecule has 8 nitrogen and oxygen atoms in total. The van der Waals surface area contributed by atoms with E-state index in [4.69, 9.17) is 4.74 Å². The Hall–Kier alpha value is -2.01. The smallest absolute Gasteiger partial charge is 0.285 e. The van der Waals surface area contributed by atoms with Crippen molar-refractivity contribution in [3.05, 3.63) is 41.4 Å². The number of sulfonamides is 1. The summed E-state index contributed by atoms with van der Waals surface area (Å²) in [7, 11) is -3.81.